The second-order valence-corrected chi connectivity index (χ2v) is 5.19. The van der Waals surface area contributed by atoms with Crippen molar-refractivity contribution < 1.29 is 5.11 Å². The number of halogens is 1. The molecule has 0 radical (unpaired) electrons. The lowest BCUT2D eigenvalue weighted by atomic mass is 9.92. The molecule has 2 atom stereocenters. The van der Waals surface area contributed by atoms with Crippen molar-refractivity contribution in [1.82, 2.24) is 0 Å². The Morgan fingerprint density at radius 3 is 2.78 bits per heavy atom. The highest BCUT2D eigenvalue weighted by molar-refractivity contribution is 6.32. The van der Waals surface area contributed by atoms with E-state index in [1.54, 1.807) is 6.07 Å². The highest BCUT2D eigenvalue weighted by Gasteiger charge is 2.23. The molecule has 1 aromatic rings. The number of aliphatic hydroxyl groups is 1. The lowest BCUT2D eigenvalue weighted by Gasteiger charge is -2.30. The fourth-order valence-electron chi connectivity index (χ4n) is 2.41. The van der Waals surface area contributed by atoms with Crippen LogP contribution in [0.25, 0.3) is 0 Å². The van der Waals surface area contributed by atoms with Crippen LogP contribution in [-0.2, 0) is 0 Å². The zero-order valence-electron chi connectivity index (χ0n) is 10.4. The van der Waals surface area contributed by atoms with E-state index in [0.717, 1.165) is 36.9 Å². The van der Waals surface area contributed by atoms with Gasteiger partial charge in [-0.15, -0.1) is 0 Å². The van der Waals surface area contributed by atoms with Crippen LogP contribution in [0.1, 0.15) is 36.8 Å². The summed E-state index contributed by atoms with van der Waals surface area (Å²) < 4.78 is 0. The first-order valence-corrected chi connectivity index (χ1v) is 6.65. The molecule has 0 saturated heterocycles. The minimum absolute atomic E-state index is 0.0847. The van der Waals surface area contributed by atoms with Gasteiger partial charge in [-0.05, 0) is 37.5 Å². The lowest BCUT2D eigenvalue weighted by Crippen LogP contribution is -2.36. The van der Waals surface area contributed by atoms with Gasteiger partial charge in [0.1, 0.15) is 6.07 Å². The summed E-state index contributed by atoms with van der Waals surface area (Å²) in [5.41, 5.74) is 2.27. The summed E-state index contributed by atoms with van der Waals surface area (Å²) in [7, 11) is 0. The second kappa shape index (κ2) is 5.60. The number of anilines is 1. The zero-order valence-corrected chi connectivity index (χ0v) is 11.2. The Balaban J connectivity index is 2.19. The van der Waals surface area contributed by atoms with Gasteiger partial charge in [0.05, 0.1) is 22.7 Å². The molecule has 96 valence electrons. The fraction of sp³-hybridized carbons (Fsp3) is 0.500. The van der Waals surface area contributed by atoms with Crippen LogP contribution in [0.2, 0.25) is 5.02 Å². The Labute approximate surface area is 112 Å². The van der Waals surface area contributed by atoms with Crippen LogP contribution >= 0.6 is 11.6 Å². The van der Waals surface area contributed by atoms with Crippen LogP contribution in [0.15, 0.2) is 12.1 Å². The van der Waals surface area contributed by atoms with Crippen LogP contribution in [0.3, 0.4) is 0 Å². The summed E-state index contributed by atoms with van der Waals surface area (Å²) >= 11 is 6.13. The summed E-state index contributed by atoms with van der Waals surface area (Å²) in [6.07, 6.45) is 3.75. The van der Waals surface area contributed by atoms with Gasteiger partial charge in [-0.3, -0.25) is 0 Å². The maximum atomic E-state index is 9.94. The van der Waals surface area contributed by atoms with Gasteiger partial charge < -0.3 is 10.4 Å². The molecule has 0 aliphatic heterocycles. The smallest absolute Gasteiger partial charge is 0.101 e. The minimum Gasteiger partial charge on any atom is -0.391 e. The molecule has 18 heavy (non-hydrogen) atoms. The quantitative estimate of drug-likeness (QED) is 0.862. The van der Waals surface area contributed by atoms with Crippen LogP contribution in [0, 0.1) is 18.3 Å². The molecular formula is C14H17ClN2O. The standard InChI is InChI=1S/C14H17ClN2O/c1-9-11(7-6-10(8-16)14(9)15)17-12-4-2-3-5-13(12)18/h6-7,12-13,17-18H,2-5H2,1H3/t12-,13-/m0/s1. The Hall–Kier alpha value is -1.24. The Bertz CT molecular complexity index is 481. The largest absolute Gasteiger partial charge is 0.391 e. The highest BCUT2D eigenvalue weighted by atomic mass is 35.5. The van der Waals surface area contributed by atoms with E-state index >= 15 is 0 Å². The van der Waals surface area contributed by atoms with Crippen LogP contribution in [0.5, 0.6) is 0 Å². The molecule has 1 saturated carbocycles. The van der Waals surface area contributed by atoms with Crippen molar-refractivity contribution in [3.8, 4) is 6.07 Å². The van der Waals surface area contributed by atoms with Crippen LogP contribution < -0.4 is 5.32 Å². The Morgan fingerprint density at radius 1 is 1.39 bits per heavy atom. The van der Waals surface area contributed by atoms with E-state index < -0.39 is 0 Å². The number of nitrogens with one attached hydrogen (secondary N) is 1. The van der Waals surface area contributed by atoms with Gasteiger partial charge >= 0.3 is 0 Å². The highest BCUT2D eigenvalue weighted by Crippen LogP contribution is 2.29. The van der Waals surface area contributed by atoms with Crippen molar-refractivity contribution in [2.24, 2.45) is 0 Å². The number of rotatable bonds is 2. The third kappa shape index (κ3) is 2.60. The molecule has 1 aliphatic carbocycles. The van der Waals surface area contributed by atoms with Crippen molar-refractivity contribution >= 4 is 17.3 Å². The molecule has 0 amide bonds. The molecule has 2 rings (SSSR count). The first-order chi connectivity index (χ1) is 8.63. The maximum absolute atomic E-state index is 9.94. The van der Waals surface area contributed by atoms with Crippen LogP contribution in [-0.4, -0.2) is 17.3 Å². The number of nitriles is 1. The third-order valence-electron chi connectivity index (χ3n) is 3.58. The van der Waals surface area contributed by atoms with E-state index in [1.165, 1.54) is 0 Å². The summed E-state index contributed by atoms with van der Waals surface area (Å²) in [6.45, 7) is 1.89. The lowest BCUT2D eigenvalue weighted by molar-refractivity contribution is 0.116. The summed E-state index contributed by atoms with van der Waals surface area (Å²) in [6, 6.07) is 5.73. The van der Waals surface area contributed by atoms with Crippen molar-refractivity contribution in [1.29, 1.82) is 5.26 Å². The fourth-order valence-corrected chi connectivity index (χ4v) is 2.61. The predicted molar refractivity (Wildman–Crippen MR) is 72.8 cm³/mol. The number of aliphatic hydroxyl groups excluding tert-OH is 1. The minimum atomic E-state index is -0.299. The molecule has 0 aromatic heterocycles. The topological polar surface area (TPSA) is 56.0 Å². The van der Waals surface area contributed by atoms with Crippen molar-refractivity contribution in [2.75, 3.05) is 5.32 Å². The van der Waals surface area contributed by atoms with Crippen molar-refractivity contribution in [3.63, 3.8) is 0 Å². The molecule has 3 nitrogen and oxygen atoms in total. The molecule has 0 heterocycles. The van der Waals surface area contributed by atoms with E-state index in [1.807, 2.05) is 13.0 Å². The SMILES string of the molecule is Cc1c(N[C@H]2CCCC[C@@H]2O)ccc(C#N)c1Cl. The first-order valence-electron chi connectivity index (χ1n) is 6.27. The molecule has 4 heteroatoms. The van der Waals surface area contributed by atoms with E-state index in [4.69, 9.17) is 16.9 Å². The molecule has 2 N–H and O–H groups in total. The predicted octanol–water partition coefficient (Wildman–Crippen LogP) is 3.24. The first kappa shape index (κ1) is 13.2. The average molecular weight is 265 g/mol. The molecule has 1 aliphatic rings. The molecule has 0 unspecified atom stereocenters. The summed E-state index contributed by atoms with van der Waals surface area (Å²) in [4.78, 5) is 0. The van der Waals surface area contributed by atoms with Crippen molar-refractivity contribution in [2.45, 2.75) is 44.8 Å². The van der Waals surface area contributed by atoms with Gasteiger partial charge in [-0.2, -0.15) is 5.26 Å². The van der Waals surface area contributed by atoms with E-state index in [2.05, 4.69) is 11.4 Å². The summed E-state index contributed by atoms with van der Waals surface area (Å²) in [5.74, 6) is 0. The molecule has 0 spiro atoms. The number of benzene rings is 1. The van der Waals surface area contributed by atoms with E-state index in [0.29, 0.717) is 10.6 Å². The number of hydrogen-bond donors (Lipinski definition) is 2. The third-order valence-corrected chi connectivity index (χ3v) is 4.06. The second-order valence-electron chi connectivity index (χ2n) is 4.81. The van der Waals surface area contributed by atoms with Gasteiger partial charge in [0, 0.05) is 5.69 Å². The molecule has 1 aromatic carbocycles. The Morgan fingerprint density at radius 2 is 2.11 bits per heavy atom. The van der Waals surface area contributed by atoms with Crippen molar-refractivity contribution in [3.05, 3.63) is 28.3 Å². The number of nitrogens with zero attached hydrogens (tertiary/aromatic N) is 1. The van der Waals surface area contributed by atoms with E-state index in [-0.39, 0.29) is 12.1 Å². The van der Waals surface area contributed by atoms with Gasteiger partial charge in [-0.1, -0.05) is 24.4 Å². The average Bonchev–Trinajstić information content (AvgIpc) is 2.38. The normalized spacial score (nSPS) is 23.4. The van der Waals surface area contributed by atoms with Gasteiger partial charge in [0.2, 0.25) is 0 Å². The van der Waals surface area contributed by atoms with Crippen LogP contribution in [0.4, 0.5) is 5.69 Å². The monoisotopic (exact) mass is 264 g/mol. The molecule has 0 bridgehead atoms. The zero-order chi connectivity index (χ0) is 13.1. The van der Waals surface area contributed by atoms with Gasteiger partial charge in [0.25, 0.3) is 0 Å². The van der Waals surface area contributed by atoms with Gasteiger partial charge in [0.15, 0.2) is 0 Å². The van der Waals surface area contributed by atoms with Gasteiger partial charge in [-0.25, -0.2) is 0 Å². The summed E-state index contributed by atoms with van der Waals surface area (Å²) in [5, 5.41) is 22.7. The number of hydrogen-bond acceptors (Lipinski definition) is 3. The Kier molecular flexibility index (Phi) is 4.11. The maximum Gasteiger partial charge on any atom is 0.101 e. The van der Waals surface area contributed by atoms with E-state index in [9.17, 15) is 5.11 Å². The molecular weight excluding hydrogens is 248 g/mol. The molecule has 1 fully saturated rings.